The van der Waals surface area contributed by atoms with Gasteiger partial charge in [0.25, 0.3) is 5.91 Å². The molecule has 1 aliphatic heterocycles. The highest BCUT2D eigenvalue weighted by molar-refractivity contribution is 9.10. The summed E-state index contributed by atoms with van der Waals surface area (Å²) in [5, 5.41) is 12.8. The summed E-state index contributed by atoms with van der Waals surface area (Å²) in [7, 11) is 0. The van der Waals surface area contributed by atoms with Crippen molar-refractivity contribution >= 4 is 50.5 Å². The monoisotopic (exact) mass is 418 g/mol. The number of nitrogens with zero attached hydrogens (tertiary/aromatic N) is 1. The standard InChI is InChI=1S/C18H15BrN2O3S/c1-2-24-13-6-4-12(5-7-13)20-18-21-17(23)16(25-18)10-11-3-8-15(22)14(19)9-11/h3-10,22H,2H2,1H3,(H,20,21,23)/b16-10-. The molecule has 0 radical (unpaired) electrons. The lowest BCUT2D eigenvalue weighted by molar-refractivity contribution is -0.115. The van der Waals surface area contributed by atoms with Crippen LogP contribution in [0.5, 0.6) is 11.5 Å². The largest absolute Gasteiger partial charge is 0.507 e. The molecular weight excluding hydrogens is 404 g/mol. The molecule has 1 saturated heterocycles. The molecule has 1 amide bonds. The van der Waals surface area contributed by atoms with Crippen molar-refractivity contribution < 1.29 is 14.6 Å². The number of benzene rings is 2. The van der Waals surface area contributed by atoms with Crippen LogP contribution in [0.2, 0.25) is 0 Å². The number of amidine groups is 1. The van der Waals surface area contributed by atoms with Crippen molar-refractivity contribution in [1.82, 2.24) is 5.32 Å². The number of aromatic hydroxyl groups is 1. The topological polar surface area (TPSA) is 70.9 Å². The summed E-state index contributed by atoms with van der Waals surface area (Å²) in [6, 6.07) is 12.4. The predicted molar refractivity (Wildman–Crippen MR) is 104 cm³/mol. The summed E-state index contributed by atoms with van der Waals surface area (Å²) < 4.78 is 5.97. The Balaban J connectivity index is 1.77. The maximum absolute atomic E-state index is 12.1. The third-order valence-electron chi connectivity index (χ3n) is 3.30. The Bertz CT molecular complexity index is 863. The van der Waals surface area contributed by atoms with Crippen LogP contribution in [-0.4, -0.2) is 22.8 Å². The van der Waals surface area contributed by atoms with E-state index in [1.165, 1.54) is 11.8 Å². The number of carbonyl (C=O) groups excluding carboxylic acids is 1. The minimum Gasteiger partial charge on any atom is -0.507 e. The second kappa shape index (κ2) is 7.76. The SMILES string of the molecule is CCOc1ccc(N=C2NC(=O)/C(=C/c3ccc(O)c(Br)c3)S2)cc1. The third kappa shape index (κ3) is 4.43. The minimum atomic E-state index is -0.195. The molecule has 5 nitrogen and oxygen atoms in total. The van der Waals surface area contributed by atoms with Gasteiger partial charge in [-0.15, -0.1) is 0 Å². The van der Waals surface area contributed by atoms with Gasteiger partial charge in [0.05, 0.1) is 21.7 Å². The number of hydrogen-bond acceptors (Lipinski definition) is 5. The van der Waals surface area contributed by atoms with Crippen molar-refractivity contribution in [3.8, 4) is 11.5 Å². The molecule has 7 heteroatoms. The van der Waals surface area contributed by atoms with Crippen LogP contribution in [-0.2, 0) is 4.79 Å². The Kier molecular flexibility index (Phi) is 5.45. The van der Waals surface area contributed by atoms with Crippen LogP contribution in [0.4, 0.5) is 5.69 Å². The first-order valence-corrected chi connectivity index (χ1v) is 9.17. The van der Waals surface area contributed by atoms with Gasteiger partial charge in [0, 0.05) is 0 Å². The van der Waals surface area contributed by atoms with E-state index in [0.717, 1.165) is 17.0 Å². The minimum absolute atomic E-state index is 0.156. The molecule has 3 rings (SSSR count). The summed E-state index contributed by atoms with van der Waals surface area (Å²) in [4.78, 5) is 17.1. The van der Waals surface area contributed by atoms with Gasteiger partial charge in [-0.2, -0.15) is 0 Å². The second-order valence-electron chi connectivity index (χ2n) is 5.12. The molecule has 1 heterocycles. The van der Waals surface area contributed by atoms with Crippen molar-refractivity contribution in [2.75, 3.05) is 6.61 Å². The number of rotatable bonds is 4. The predicted octanol–water partition coefficient (Wildman–Crippen LogP) is 4.45. The van der Waals surface area contributed by atoms with Gasteiger partial charge in [0.1, 0.15) is 11.5 Å². The van der Waals surface area contributed by atoms with Crippen molar-refractivity contribution in [2.24, 2.45) is 4.99 Å². The number of ether oxygens (including phenoxy) is 1. The van der Waals surface area contributed by atoms with Crippen LogP contribution in [0.3, 0.4) is 0 Å². The van der Waals surface area contributed by atoms with Crippen LogP contribution in [0, 0.1) is 0 Å². The average Bonchev–Trinajstić information content (AvgIpc) is 2.92. The molecular formula is C18H15BrN2O3S. The molecule has 2 aromatic rings. The molecule has 25 heavy (non-hydrogen) atoms. The van der Waals surface area contributed by atoms with E-state index in [2.05, 4.69) is 26.2 Å². The Morgan fingerprint density at radius 2 is 2.04 bits per heavy atom. The van der Waals surface area contributed by atoms with Crippen LogP contribution < -0.4 is 10.1 Å². The number of aliphatic imine (C=N–C) groups is 1. The highest BCUT2D eigenvalue weighted by Crippen LogP contribution is 2.30. The summed E-state index contributed by atoms with van der Waals surface area (Å²) in [6.45, 7) is 2.54. The van der Waals surface area contributed by atoms with E-state index >= 15 is 0 Å². The number of amides is 1. The van der Waals surface area contributed by atoms with Gasteiger partial charge in [0.2, 0.25) is 0 Å². The number of halogens is 1. The number of nitrogens with one attached hydrogen (secondary N) is 1. The molecule has 128 valence electrons. The average molecular weight is 419 g/mol. The Morgan fingerprint density at radius 3 is 2.72 bits per heavy atom. The Labute approximate surface area is 157 Å². The molecule has 0 aromatic heterocycles. The molecule has 2 N–H and O–H groups in total. The van der Waals surface area contributed by atoms with E-state index in [1.807, 2.05) is 31.2 Å². The Hall–Kier alpha value is -2.25. The van der Waals surface area contributed by atoms with Crippen molar-refractivity contribution in [3.63, 3.8) is 0 Å². The van der Waals surface area contributed by atoms with Gasteiger partial charge in [-0.3, -0.25) is 4.79 Å². The van der Waals surface area contributed by atoms with Gasteiger partial charge in [-0.05, 0) is 82.7 Å². The van der Waals surface area contributed by atoms with Crippen LogP contribution in [0.15, 0.2) is 56.8 Å². The highest BCUT2D eigenvalue weighted by atomic mass is 79.9. The molecule has 2 aromatic carbocycles. The smallest absolute Gasteiger partial charge is 0.264 e. The summed E-state index contributed by atoms with van der Waals surface area (Å²) in [5.74, 6) is 0.746. The molecule has 0 spiro atoms. The number of thioether (sulfide) groups is 1. The van der Waals surface area contributed by atoms with Gasteiger partial charge >= 0.3 is 0 Å². The maximum atomic E-state index is 12.1. The lowest BCUT2D eigenvalue weighted by atomic mass is 10.2. The van der Waals surface area contributed by atoms with E-state index in [9.17, 15) is 9.90 Å². The van der Waals surface area contributed by atoms with E-state index in [4.69, 9.17) is 4.74 Å². The fourth-order valence-electron chi connectivity index (χ4n) is 2.15. The first-order chi connectivity index (χ1) is 12.0. The van der Waals surface area contributed by atoms with E-state index in [0.29, 0.717) is 21.2 Å². The molecule has 0 aliphatic carbocycles. The first-order valence-electron chi connectivity index (χ1n) is 7.56. The fraction of sp³-hybridized carbons (Fsp3) is 0.111. The van der Waals surface area contributed by atoms with Crippen molar-refractivity contribution in [1.29, 1.82) is 0 Å². The van der Waals surface area contributed by atoms with Crippen LogP contribution in [0.25, 0.3) is 6.08 Å². The van der Waals surface area contributed by atoms with Crippen LogP contribution >= 0.6 is 27.7 Å². The van der Waals surface area contributed by atoms with Gasteiger partial charge in [0.15, 0.2) is 5.17 Å². The lowest BCUT2D eigenvalue weighted by Crippen LogP contribution is -2.19. The normalized spacial score (nSPS) is 17.1. The quantitative estimate of drug-likeness (QED) is 0.719. The summed E-state index contributed by atoms with van der Waals surface area (Å²) in [5.41, 5.74) is 1.55. The first kappa shape index (κ1) is 17.6. The molecule has 0 bridgehead atoms. The molecule has 0 saturated carbocycles. The number of carbonyl (C=O) groups is 1. The molecule has 1 aliphatic rings. The van der Waals surface area contributed by atoms with Crippen LogP contribution in [0.1, 0.15) is 12.5 Å². The van der Waals surface area contributed by atoms with Crippen molar-refractivity contribution in [3.05, 3.63) is 57.4 Å². The van der Waals surface area contributed by atoms with E-state index in [-0.39, 0.29) is 11.7 Å². The second-order valence-corrected chi connectivity index (χ2v) is 7.00. The lowest BCUT2D eigenvalue weighted by Gasteiger charge is -2.02. The zero-order valence-electron chi connectivity index (χ0n) is 13.3. The molecule has 1 fully saturated rings. The zero-order valence-corrected chi connectivity index (χ0v) is 15.7. The summed E-state index contributed by atoms with van der Waals surface area (Å²) >= 11 is 4.54. The highest BCUT2D eigenvalue weighted by Gasteiger charge is 2.23. The molecule has 0 unspecified atom stereocenters. The summed E-state index contributed by atoms with van der Waals surface area (Å²) in [6.07, 6.45) is 1.75. The van der Waals surface area contributed by atoms with Gasteiger partial charge in [-0.1, -0.05) is 6.07 Å². The molecule has 0 atom stereocenters. The number of phenolic OH excluding ortho intramolecular Hbond substituents is 1. The Morgan fingerprint density at radius 1 is 1.28 bits per heavy atom. The van der Waals surface area contributed by atoms with E-state index in [1.54, 1.807) is 24.3 Å². The fourth-order valence-corrected chi connectivity index (χ4v) is 3.38. The van der Waals surface area contributed by atoms with Gasteiger partial charge < -0.3 is 15.2 Å². The zero-order chi connectivity index (χ0) is 17.8. The third-order valence-corrected chi connectivity index (χ3v) is 4.84. The van der Waals surface area contributed by atoms with Gasteiger partial charge in [-0.25, -0.2) is 4.99 Å². The number of hydrogen-bond donors (Lipinski definition) is 2. The van der Waals surface area contributed by atoms with Crippen molar-refractivity contribution in [2.45, 2.75) is 6.92 Å². The van der Waals surface area contributed by atoms with E-state index < -0.39 is 0 Å². The number of phenols is 1. The maximum Gasteiger partial charge on any atom is 0.264 e.